The van der Waals surface area contributed by atoms with Crippen LogP contribution in [-0.4, -0.2) is 11.0 Å². The van der Waals surface area contributed by atoms with Gasteiger partial charge in [0.05, 0.1) is 0 Å². The average molecular weight is 150 g/mol. The molecule has 0 radical (unpaired) electrons. The lowest BCUT2D eigenvalue weighted by molar-refractivity contribution is 0.563. The minimum atomic E-state index is 0.298. The second-order valence-electron chi connectivity index (χ2n) is 3.44. The van der Waals surface area contributed by atoms with Crippen molar-refractivity contribution in [2.75, 3.05) is 0 Å². The van der Waals surface area contributed by atoms with Gasteiger partial charge in [0, 0.05) is 24.4 Å². The third kappa shape index (κ3) is 0.979. The predicted octanol–water partition coefficient (Wildman–Crippen LogP) is 1.39. The second kappa shape index (κ2) is 2.38. The Morgan fingerprint density at radius 1 is 1.64 bits per heavy atom. The molecule has 2 heteroatoms. The molecule has 1 aromatic rings. The molecule has 0 spiro atoms. The molecule has 0 bridgehead atoms. The highest BCUT2D eigenvalue weighted by atomic mass is 14.7. The van der Waals surface area contributed by atoms with Gasteiger partial charge in [0.15, 0.2) is 0 Å². The first kappa shape index (κ1) is 6.92. The number of fused-ring (bicyclic) bond motifs is 1. The highest BCUT2D eigenvalue weighted by Crippen LogP contribution is 2.34. The van der Waals surface area contributed by atoms with Gasteiger partial charge in [0.25, 0.3) is 0 Å². The van der Waals surface area contributed by atoms with E-state index in [2.05, 4.69) is 24.3 Å². The summed E-state index contributed by atoms with van der Waals surface area (Å²) < 4.78 is 0. The van der Waals surface area contributed by atoms with Crippen LogP contribution in [-0.2, 0) is 6.42 Å². The van der Waals surface area contributed by atoms with Crippen molar-refractivity contribution >= 4 is 0 Å². The summed E-state index contributed by atoms with van der Waals surface area (Å²) in [5, 5.41) is 0. The lowest BCUT2D eigenvalue weighted by atomic mass is 9.97. The number of nitrogens with two attached hydrogens (primary N) is 1. The average Bonchev–Trinajstić information content (AvgIpc) is 2.41. The van der Waals surface area contributed by atoms with Crippen molar-refractivity contribution in [3.05, 3.63) is 23.5 Å². The van der Waals surface area contributed by atoms with Crippen LogP contribution in [0.4, 0.5) is 0 Å². The zero-order valence-corrected chi connectivity index (χ0v) is 6.80. The number of hydrogen-bond acceptors (Lipinski definition) is 1. The van der Waals surface area contributed by atoms with Crippen molar-refractivity contribution in [3.63, 3.8) is 0 Å². The van der Waals surface area contributed by atoms with Crippen LogP contribution >= 0.6 is 0 Å². The molecule has 1 heterocycles. The number of nitrogens with one attached hydrogen (secondary N) is 1. The summed E-state index contributed by atoms with van der Waals surface area (Å²) in [7, 11) is 0. The van der Waals surface area contributed by atoms with E-state index in [-0.39, 0.29) is 0 Å². The highest BCUT2D eigenvalue weighted by molar-refractivity contribution is 5.33. The van der Waals surface area contributed by atoms with Gasteiger partial charge in [-0.25, -0.2) is 0 Å². The normalized spacial score (nSPS) is 25.1. The Labute approximate surface area is 66.8 Å². The number of aromatic nitrogens is 1. The van der Waals surface area contributed by atoms with E-state index in [1.807, 2.05) is 0 Å². The molecule has 0 saturated carbocycles. The first-order valence-electron chi connectivity index (χ1n) is 4.20. The number of aryl methyl sites for hydroxylation is 1. The van der Waals surface area contributed by atoms with Crippen LogP contribution in [0.25, 0.3) is 0 Å². The first-order chi connectivity index (χ1) is 5.29. The van der Waals surface area contributed by atoms with E-state index in [1.165, 1.54) is 24.0 Å². The van der Waals surface area contributed by atoms with Crippen LogP contribution < -0.4 is 5.73 Å². The molecular formula is C9H14N2. The highest BCUT2D eigenvalue weighted by Gasteiger charge is 2.25. The molecule has 0 fully saturated rings. The van der Waals surface area contributed by atoms with Crippen LogP contribution in [0.2, 0.25) is 0 Å². The minimum Gasteiger partial charge on any atom is -0.367 e. The Morgan fingerprint density at radius 2 is 2.45 bits per heavy atom. The van der Waals surface area contributed by atoms with Crippen LogP contribution in [0.15, 0.2) is 12.4 Å². The van der Waals surface area contributed by atoms with Crippen molar-refractivity contribution < 1.29 is 0 Å². The smallest absolute Gasteiger partial charge is 0.00801 e. The minimum absolute atomic E-state index is 0.298. The molecule has 0 aromatic carbocycles. The Morgan fingerprint density at radius 3 is 3.18 bits per heavy atom. The zero-order chi connectivity index (χ0) is 7.84. The molecule has 3 N–H and O–H groups in total. The lowest BCUT2D eigenvalue weighted by Gasteiger charge is -2.13. The van der Waals surface area contributed by atoms with E-state index in [1.54, 1.807) is 0 Å². The fourth-order valence-electron chi connectivity index (χ4n) is 1.98. The molecule has 2 atom stereocenters. The van der Waals surface area contributed by atoms with Crippen LogP contribution in [0.5, 0.6) is 0 Å². The van der Waals surface area contributed by atoms with E-state index in [4.69, 9.17) is 5.73 Å². The van der Waals surface area contributed by atoms with E-state index in [9.17, 15) is 0 Å². The number of hydrogen-bond donors (Lipinski definition) is 2. The standard InChI is InChI=1S/C9H14N2/c1-6(10)8-3-2-7-4-11-5-9(7)8/h4-6,8,11H,2-3,10H2,1H3. The molecule has 60 valence electrons. The summed E-state index contributed by atoms with van der Waals surface area (Å²) in [5.74, 6) is 0.594. The SMILES string of the molecule is CC(N)C1CCc2c[nH]cc21. The maximum Gasteiger partial charge on any atom is 0.00801 e. The topological polar surface area (TPSA) is 41.8 Å². The summed E-state index contributed by atoms with van der Waals surface area (Å²) >= 11 is 0. The zero-order valence-electron chi connectivity index (χ0n) is 6.80. The van der Waals surface area contributed by atoms with Crippen molar-refractivity contribution in [2.24, 2.45) is 5.73 Å². The summed E-state index contributed by atoms with van der Waals surface area (Å²) in [6, 6.07) is 0.298. The monoisotopic (exact) mass is 150 g/mol. The maximum absolute atomic E-state index is 5.86. The van der Waals surface area contributed by atoms with Gasteiger partial charge in [-0.3, -0.25) is 0 Å². The number of rotatable bonds is 1. The van der Waals surface area contributed by atoms with Gasteiger partial charge in [-0.15, -0.1) is 0 Å². The lowest BCUT2D eigenvalue weighted by Crippen LogP contribution is -2.22. The molecule has 2 nitrogen and oxygen atoms in total. The second-order valence-corrected chi connectivity index (χ2v) is 3.44. The van der Waals surface area contributed by atoms with Gasteiger partial charge in [0.1, 0.15) is 0 Å². The maximum atomic E-state index is 5.86. The van der Waals surface area contributed by atoms with Gasteiger partial charge in [-0.2, -0.15) is 0 Å². The largest absolute Gasteiger partial charge is 0.367 e. The van der Waals surface area contributed by atoms with Gasteiger partial charge in [-0.05, 0) is 30.9 Å². The molecule has 0 amide bonds. The Kier molecular flexibility index (Phi) is 1.50. The molecule has 2 unspecified atom stereocenters. The van der Waals surface area contributed by atoms with E-state index < -0.39 is 0 Å². The van der Waals surface area contributed by atoms with Crippen LogP contribution in [0.1, 0.15) is 30.4 Å². The van der Waals surface area contributed by atoms with Crippen molar-refractivity contribution in [1.82, 2.24) is 4.98 Å². The molecule has 1 aromatic heterocycles. The van der Waals surface area contributed by atoms with Gasteiger partial charge < -0.3 is 10.7 Å². The van der Waals surface area contributed by atoms with Crippen molar-refractivity contribution in [1.29, 1.82) is 0 Å². The fourth-order valence-corrected chi connectivity index (χ4v) is 1.98. The Bertz CT molecular complexity index is 250. The molecular weight excluding hydrogens is 136 g/mol. The van der Waals surface area contributed by atoms with Gasteiger partial charge in [-0.1, -0.05) is 0 Å². The van der Waals surface area contributed by atoms with E-state index >= 15 is 0 Å². The van der Waals surface area contributed by atoms with Gasteiger partial charge in [0.2, 0.25) is 0 Å². The number of H-pyrrole nitrogens is 1. The van der Waals surface area contributed by atoms with Crippen LogP contribution in [0.3, 0.4) is 0 Å². The fraction of sp³-hybridized carbons (Fsp3) is 0.556. The Hall–Kier alpha value is -0.760. The molecule has 2 rings (SSSR count). The van der Waals surface area contributed by atoms with Crippen molar-refractivity contribution in [3.8, 4) is 0 Å². The molecule has 0 aliphatic heterocycles. The van der Waals surface area contributed by atoms with Gasteiger partial charge >= 0.3 is 0 Å². The summed E-state index contributed by atoms with van der Waals surface area (Å²) in [4.78, 5) is 3.13. The Balaban J connectivity index is 2.31. The molecule has 0 saturated heterocycles. The predicted molar refractivity (Wildman–Crippen MR) is 45.5 cm³/mol. The molecule has 1 aliphatic rings. The van der Waals surface area contributed by atoms with Crippen molar-refractivity contribution in [2.45, 2.75) is 31.7 Å². The quantitative estimate of drug-likeness (QED) is 0.624. The summed E-state index contributed by atoms with van der Waals surface area (Å²) in [5.41, 5.74) is 8.77. The third-order valence-electron chi connectivity index (χ3n) is 2.63. The molecule has 1 aliphatic carbocycles. The third-order valence-corrected chi connectivity index (χ3v) is 2.63. The molecule has 11 heavy (non-hydrogen) atoms. The summed E-state index contributed by atoms with van der Waals surface area (Å²) in [6.07, 6.45) is 6.62. The van der Waals surface area contributed by atoms with E-state index in [0.29, 0.717) is 12.0 Å². The van der Waals surface area contributed by atoms with Crippen LogP contribution in [0, 0.1) is 0 Å². The number of aromatic amines is 1. The summed E-state index contributed by atoms with van der Waals surface area (Å²) in [6.45, 7) is 2.09. The first-order valence-corrected chi connectivity index (χ1v) is 4.20. The van der Waals surface area contributed by atoms with E-state index in [0.717, 1.165) is 0 Å².